The molecule has 0 heterocycles. The van der Waals surface area contributed by atoms with Crippen LogP contribution in [0, 0.1) is 0 Å². The van der Waals surface area contributed by atoms with Gasteiger partial charge in [0.15, 0.2) is 0 Å². The van der Waals surface area contributed by atoms with Gasteiger partial charge in [0.2, 0.25) is 29.5 Å². The number of aromatic hydroxyl groups is 1. The topological polar surface area (TPSA) is 333 Å². The predicted molar refractivity (Wildman–Crippen MR) is 194 cm³/mol. The molecule has 0 aliphatic rings. The summed E-state index contributed by atoms with van der Waals surface area (Å²) in [7, 11) is 0. The zero-order valence-corrected chi connectivity index (χ0v) is 29.7. The number of amides is 5. The van der Waals surface area contributed by atoms with Crippen molar-refractivity contribution in [2.45, 2.75) is 94.0 Å². The number of aliphatic carboxylic acids is 1. The predicted octanol–water partition coefficient (Wildman–Crippen LogP) is -3.34. The van der Waals surface area contributed by atoms with Gasteiger partial charge < -0.3 is 65.5 Å². The first-order chi connectivity index (χ1) is 24.3. The van der Waals surface area contributed by atoms with Crippen LogP contribution >= 0.6 is 12.6 Å². The highest BCUT2D eigenvalue weighted by Gasteiger charge is 2.32. The number of carboxylic acids is 1. The molecule has 6 atom stereocenters. The second-order valence-corrected chi connectivity index (χ2v) is 12.4. The van der Waals surface area contributed by atoms with E-state index < -0.39 is 71.8 Å². The monoisotopic (exact) mass is 740 g/mol. The molecule has 17 N–H and O–H groups in total. The highest BCUT2D eigenvalue weighted by molar-refractivity contribution is 7.80. The molecular formula is C32H56N10O8S. The van der Waals surface area contributed by atoms with Crippen LogP contribution in [0.1, 0.15) is 56.9 Å². The van der Waals surface area contributed by atoms with E-state index in [1.807, 2.05) is 0 Å². The third-order valence-electron chi connectivity index (χ3n) is 7.87. The number of carbonyl (C=O) groups excluding carboxylic acids is 5. The summed E-state index contributed by atoms with van der Waals surface area (Å²) in [4.78, 5) is 77.8. The summed E-state index contributed by atoms with van der Waals surface area (Å²) in [6, 6.07) is -1.23. The average molecular weight is 741 g/mol. The molecule has 0 fully saturated rings. The summed E-state index contributed by atoms with van der Waals surface area (Å²) in [5.74, 6) is -5.14. The normalized spacial score (nSPS) is 14.5. The first kappa shape index (κ1) is 45.0. The zero-order chi connectivity index (χ0) is 38.3. The molecule has 0 saturated carbocycles. The molecule has 1 rings (SSSR count). The quantitative estimate of drug-likeness (QED) is 0.0327. The highest BCUT2D eigenvalue weighted by atomic mass is 32.1. The zero-order valence-electron chi connectivity index (χ0n) is 28.9. The molecule has 5 amide bonds. The Labute approximate surface area is 303 Å². The molecule has 51 heavy (non-hydrogen) atoms. The lowest BCUT2D eigenvalue weighted by atomic mass is 10.0. The molecule has 288 valence electrons. The van der Waals surface area contributed by atoms with Gasteiger partial charge >= 0.3 is 5.97 Å². The van der Waals surface area contributed by atoms with Crippen molar-refractivity contribution >= 4 is 48.1 Å². The van der Waals surface area contributed by atoms with Crippen LogP contribution in [0.2, 0.25) is 0 Å². The van der Waals surface area contributed by atoms with E-state index in [4.69, 9.17) is 28.7 Å². The van der Waals surface area contributed by atoms with E-state index >= 15 is 0 Å². The maximum atomic E-state index is 13.4. The standard InChI is InChI=1S/C32H56N10O8S/c33-13-3-1-5-21(37)27(44)38-22(6-2-4-14-34)28(45)39-23(11-15-35)29(46)40-24(12-16-36)30(47)42-26(18-51)31(48)41-25(32(49)50)17-19-7-9-20(43)10-8-19/h7-10,21-26,43,51H,1-6,11-18,33-37H2,(H,38,44)(H,39,45)(H,40,46)(H,41,48)(H,42,47)(H,49,50)/t21-,22-,23-,24-,25-,26-/m0/s1. The summed E-state index contributed by atoms with van der Waals surface area (Å²) < 4.78 is 0. The number of carbonyl (C=O) groups is 6. The molecule has 0 aliphatic carbocycles. The van der Waals surface area contributed by atoms with Gasteiger partial charge in [0, 0.05) is 12.2 Å². The fourth-order valence-corrected chi connectivity index (χ4v) is 5.16. The van der Waals surface area contributed by atoms with Gasteiger partial charge in [-0.2, -0.15) is 12.6 Å². The Bertz CT molecular complexity index is 1260. The van der Waals surface area contributed by atoms with Crippen LogP contribution in [0.3, 0.4) is 0 Å². The highest BCUT2D eigenvalue weighted by Crippen LogP contribution is 2.12. The van der Waals surface area contributed by atoms with E-state index in [2.05, 4.69) is 39.2 Å². The van der Waals surface area contributed by atoms with Gasteiger partial charge in [0.25, 0.3) is 0 Å². The average Bonchev–Trinajstić information content (AvgIpc) is 3.09. The molecule has 0 radical (unpaired) electrons. The van der Waals surface area contributed by atoms with Gasteiger partial charge in [0.1, 0.15) is 36.0 Å². The summed E-state index contributed by atoms with van der Waals surface area (Å²) in [5, 5.41) is 31.8. The van der Waals surface area contributed by atoms with Crippen molar-refractivity contribution in [2.24, 2.45) is 28.7 Å². The van der Waals surface area contributed by atoms with Gasteiger partial charge in [-0.3, -0.25) is 24.0 Å². The number of benzene rings is 1. The van der Waals surface area contributed by atoms with Gasteiger partial charge in [-0.25, -0.2) is 4.79 Å². The van der Waals surface area contributed by atoms with Crippen LogP contribution < -0.4 is 55.3 Å². The number of hydrogen-bond acceptors (Lipinski definition) is 13. The first-order valence-electron chi connectivity index (χ1n) is 17.0. The minimum atomic E-state index is -1.36. The number of thiol groups is 1. The number of carboxylic acid groups (broad SMARTS) is 1. The smallest absolute Gasteiger partial charge is 0.326 e. The van der Waals surface area contributed by atoms with Crippen molar-refractivity contribution in [1.82, 2.24) is 26.6 Å². The lowest BCUT2D eigenvalue weighted by Gasteiger charge is -2.26. The number of unbranched alkanes of at least 4 members (excludes halogenated alkanes) is 2. The second-order valence-electron chi connectivity index (χ2n) is 12.0. The van der Waals surface area contributed by atoms with Crippen molar-refractivity contribution in [1.29, 1.82) is 0 Å². The Morgan fingerprint density at radius 3 is 1.43 bits per heavy atom. The number of nitrogens with one attached hydrogen (secondary N) is 5. The number of phenols is 1. The van der Waals surface area contributed by atoms with Gasteiger partial charge in [-0.1, -0.05) is 18.6 Å². The molecule has 0 bridgehead atoms. The van der Waals surface area contributed by atoms with Gasteiger partial charge in [-0.05, 0) is 88.8 Å². The third kappa shape index (κ3) is 17.2. The number of rotatable bonds is 26. The Morgan fingerprint density at radius 1 is 0.569 bits per heavy atom. The molecule has 1 aromatic rings. The van der Waals surface area contributed by atoms with Gasteiger partial charge in [0.05, 0.1) is 6.04 Å². The SMILES string of the molecule is NCCCC[C@H](NC(=O)[C@@H](N)CCCCN)C(=O)N[C@@H](CCN)C(=O)N[C@@H](CCN)C(=O)N[C@@H](CS)C(=O)N[C@@H](Cc1ccc(O)cc1)C(=O)O. The summed E-state index contributed by atoms with van der Waals surface area (Å²) in [6.45, 7) is 0.773. The molecular weight excluding hydrogens is 684 g/mol. The molecule has 0 saturated heterocycles. The molecule has 0 aromatic heterocycles. The number of nitrogens with two attached hydrogens (primary N) is 5. The molecule has 0 unspecified atom stereocenters. The van der Waals surface area contributed by atoms with Crippen LogP contribution in [0.4, 0.5) is 0 Å². The summed E-state index contributed by atoms with van der Waals surface area (Å²) in [6.07, 6.45) is 2.84. The van der Waals surface area contributed by atoms with Crippen LogP contribution in [-0.4, -0.2) is 114 Å². The molecule has 0 spiro atoms. The van der Waals surface area contributed by atoms with E-state index in [9.17, 15) is 39.0 Å². The maximum Gasteiger partial charge on any atom is 0.326 e. The summed E-state index contributed by atoms with van der Waals surface area (Å²) in [5.41, 5.74) is 29.1. The molecule has 1 aromatic carbocycles. The molecule has 0 aliphatic heterocycles. The van der Waals surface area contributed by atoms with Crippen molar-refractivity contribution in [3.05, 3.63) is 29.8 Å². The third-order valence-corrected chi connectivity index (χ3v) is 8.23. The van der Waals surface area contributed by atoms with Crippen molar-refractivity contribution in [2.75, 3.05) is 31.9 Å². The van der Waals surface area contributed by atoms with Crippen molar-refractivity contribution < 1.29 is 39.0 Å². The minimum Gasteiger partial charge on any atom is -0.508 e. The van der Waals surface area contributed by atoms with E-state index in [1.165, 1.54) is 24.3 Å². The lowest BCUT2D eigenvalue weighted by Crippen LogP contribution is -2.60. The Morgan fingerprint density at radius 2 is 0.980 bits per heavy atom. The molecule has 19 heteroatoms. The fourth-order valence-electron chi connectivity index (χ4n) is 4.90. The largest absolute Gasteiger partial charge is 0.508 e. The van der Waals surface area contributed by atoms with Crippen LogP contribution in [0.5, 0.6) is 5.75 Å². The minimum absolute atomic E-state index is 0.00936. The van der Waals surface area contributed by atoms with E-state index in [0.29, 0.717) is 50.8 Å². The van der Waals surface area contributed by atoms with Crippen LogP contribution in [0.15, 0.2) is 24.3 Å². The fraction of sp³-hybridized carbons (Fsp3) is 0.625. The van der Waals surface area contributed by atoms with E-state index in [-0.39, 0.29) is 50.3 Å². The Kier molecular flexibility index (Phi) is 22.1. The maximum absolute atomic E-state index is 13.4. The van der Waals surface area contributed by atoms with Crippen LogP contribution in [-0.2, 0) is 35.2 Å². The van der Waals surface area contributed by atoms with E-state index in [1.54, 1.807) is 0 Å². The summed E-state index contributed by atoms with van der Waals surface area (Å²) >= 11 is 4.14. The Balaban J connectivity index is 3.01. The van der Waals surface area contributed by atoms with Crippen LogP contribution in [0.25, 0.3) is 0 Å². The molecule has 18 nitrogen and oxygen atoms in total. The van der Waals surface area contributed by atoms with Crippen molar-refractivity contribution in [3.8, 4) is 5.75 Å². The Hall–Kier alpha value is -4.01. The van der Waals surface area contributed by atoms with Gasteiger partial charge in [-0.15, -0.1) is 0 Å². The lowest BCUT2D eigenvalue weighted by molar-refractivity contribution is -0.142. The second kappa shape index (κ2) is 25.0. The first-order valence-corrected chi connectivity index (χ1v) is 17.6. The number of hydrogen-bond donors (Lipinski definition) is 13. The van der Waals surface area contributed by atoms with E-state index in [0.717, 1.165) is 0 Å². The van der Waals surface area contributed by atoms with Crippen molar-refractivity contribution in [3.63, 3.8) is 0 Å². The number of phenolic OH excluding ortho intramolecular Hbond substituents is 1.